The standard InChI is InChI=1S/C11H14ClNO2/c1-8-7-9(15-2)3-4-10(8)13-11(14)5-6-12/h3-4,7H,5-6H2,1-2H3,(H,13,14). The van der Waals surface area contributed by atoms with Crippen LogP contribution in [0.25, 0.3) is 0 Å². The molecule has 82 valence electrons. The highest BCUT2D eigenvalue weighted by molar-refractivity contribution is 6.19. The molecule has 1 N–H and O–H groups in total. The third-order valence-electron chi connectivity index (χ3n) is 2.03. The second kappa shape index (κ2) is 5.61. The molecule has 0 saturated carbocycles. The minimum absolute atomic E-state index is 0.0710. The summed E-state index contributed by atoms with van der Waals surface area (Å²) in [5.74, 6) is 1.04. The lowest BCUT2D eigenvalue weighted by Crippen LogP contribution is -2.12. The third-order valence-corrected chi connectivity index (χ3v) is 2.22. The van der Waals surface area contributed by atoms with Gasteiger partial charge in [-0.15, -0.1) is 11.6 Å². The molecule has 1 rings (SSSR count). The number of carbonyl (C=O) groups is 1. The summed E-state index contributed by atoms with van der Waals surface area (Å²) in [6, 6.07) is 5.50. The molecule has 0 fully saturated rings. The van der Waals surface area contributed by atoms with Crippen LogP contribution in [0.1, 0.15) is 12.0 Å². The molecule has 0 radical (unpaired) electrons. The minimum Gasteiger partial charge on any atom is -0.497 e. The van der Waals surface area contributed by atoms with Crippen LogP contribution in [0.5, 0.6) is 5.75 Å². The van der Waals surface area contributed by atoms with E-state index in [2.05, 4.69) is 5.32 Å². The maximum Gasteiger partial charge on any atom is 0.225 e. The molecular formula is C11H14ClNO2. The molecule has 0 spiro atoms. The number of halogens is 1. The Hall–Kier alpha value is -1.22. The number of hydrogen-bond donors (Lipinski definition) is 1. The lowest BCUT2D eigenvalue weighted by atomic mass is 10.2. The van der Waals surface area contributed by atoms with Crippen molar-refractivity contribution in [1.29, 1.82) is 0 Å². The second-order valence-corrected chi connectivity index (χ2v) is 3.55. The number of aryl methyl sites for hydroxylation is 1. The van der Waals surface area contributed by atoms with E-state index in [1.807, 2.05) is 25.1 Å². The molecule has 1 amide bonds. The molecule has 0 bridgehead atoms. The fourth-order valence-corrected chi connectivity index (χ4v) is 1.37. The Bertz CT molecular complexity index is 352. The van der Waals surface area contributed by atoms with Crippen LogP contribution >= 0.6 is 11.6 Å². The monoisotopic (exact) mass is 227 g/mol. The zero-order valence-corrected chi connectivity index (χ0v) is 9.60. The maximum atomic E-state index is 11.3. The number of alkyl halides is 1. The van der Waals surface area contributed by atoms with Crippen molar-refractivity contribution in [2.24, 2.45) is 0 Å². The number of hydrogen-bond acceptors (Lipinski definition) is 2. The lowest BCUT2D eigenvalue weighted by Gasteiger charge is -2.09. The summed E-state index contributed by atoms with van der Waals surface area (Å²) < 4.78 is 5.07. The molecule has 4 heteroatoms. The molecule has 15 heavy (non-hydrogen) atoms. The van der Waals surface area contributed by atoms with Crippen molar-refractivity contribution in [3.63, 3.8) is 0 Å². The van der Waals surface area contributed by atoms with Crippen LogP contribution in [0, 0.1) is 6.92 Å². The molecule has 0 saturated heterocycles. The van der Waals surface area contributed by atoms with Crippen LogP contribution in [0.15, 0.2) is 18.2 Å². The highest BCUT2D eigenvalue weighted by Gasteiger charge is 2.04. The topological polar surface area (TPSA) is 38.3 Å². The number of benzene rings is 1. The quantitative estimate of drug-likeness (QED) is 0.803. The number of carbonyl (C=O) groups excluding carboxylic acids is 1. The zero-order chi connectivity index (χ0) is 11.3. The van der Waals surface area contributed by atoms with Gasteiger partial charge in [-0.25, -0.2) is 0 Å². The van der Waals surface area contributed by atoms with E-state index in [1.54, 1.807) is 7.11 Å². The van der Waals surface area contributed by atoms with E-state index in [9.17, 15) is 4.79 Å². The molecule has 0 aliphatic rings. The average Bonchev–Trinajstić information content (AvgIpc) is 2.21. The molecular weight excluding hydrogens is 214 g/mol. The Morgan fingerprint density at radius 3 is 2.80 bits per heavy atom. The molecule has 1 aromatic rings. The van der Waals surface area contributed by atoms with E-state index >= 15 is 0 Å². The summed E-state index contributed by atoms with van der Waals surface area (Å²) in [6.07, 6.45) is 0.326. The van der Waals surface area contributed by atoms with Crippen LogP contribution < -0.4 is 10.1 Å². The van der Waals surface area contributed by atoms with Crippen molar-refractivity contribution in [2.45, 2.75) is 13.3 Å². The predicted octanol–water partition coefficient (Wildman–Crippen LogP) is 2.57. The van der Waals surface area contributed by atoms with E-state index in [0.717, 1.165) is 17.0 Å². The first-order chi connectivity index (χ1) is 7.17. The lowest BCUT2D eigenvalue weighted by molar-refractivity contribution is -0.115. The number of amides is 1. The third kappa shape index (κ3) is 3.44. The number of ether oxygens (including phenoxy) is 1. The first-order valence-electron chi connectivity index (χ1n) is 4.68. The van der Waals surface area contributed by atoms with Gasteiger partial charge in [0.2, 0.25) is 5.91 Å². The molecule has 3 nitrogen and oxygen atoms in total. The second-order valence-electron chi connectivity index (χ2n) is 3.17. The van der Waals surface area contributed by atoms with Gasteiger partial charge < -0.3 is 10.1 Å². The van der Waals surface area contributed by atoms with Gasteiger partial charge in [-0.3, -0.25) is 4.79 Å². The molecule has 0 aliphatic carbocycles. The van der Waals surface area contributed by atoms with Gasteiger partial charge in [0.1, 0.15) is 5.75 Å². The van der Waals surface area contributed by atoms with Crippen molar-refractivity contribution in [3.8, 4) is 5.75 Å². The zero-order valence-electron chi connectivity index (χ0n) is 8.84. The molecule has 0 aromatic heterocycles. The SMILES string of the molecule is COc1ccc(NC(=O)CCCl)c(C)c1. The van der Waals surface area contributed by atoms with Crippen LogP contribution in [-0.4, -0.2) is 18.9 Å². The van der Waals surface area contributed by atoms with E-state index in [4.69, 9.17) is 16.3 Å². The number of methoxy groups -OCH3 is 1. The Labute approximate surface area is 94.4 Å². The molecule has 1 aromatic carbocycles. The van der Waals surface area contributed by atoms with Crippen molar-refractivity contribution in [1.82, 2.24) is 0 Å². The average molecular weight is 228 g/mol. The number of rotatable bonds is 4. The largest absolute Gasteiger partial charge is 0.497 e. The van der Waals surface area contributed by atoms with Gasteiger partial charge in [-0.1, -0.05) is 0 Å². The smallest absolute Gasteiger partial charge is 0.225 e. The Morgan fingerprint density at radius 1 is 1.53 bits per heavy atom. The van der Waals surface area contributed by atoms with Gasteiger partial charge in [-0.2, -0.15) is 0 Å². The minimum atomic E-state index is -0.0710. The number of nitrogens with one attached hydrogen (secondary N) is 1. The van der Waals surface area contributed by atoms with Crippen molar-refractivity contribution >= 4 is 23.2 Å². The van der Waals surface area contributed by atoms with E-state index < -0.39 is 0 Å². The summed E-state index contributed by atoms with van der Waals surface area (Å²) in [7, 11) is 1.61. The van der Waals surface area contributed by atoms with E-state index in [1.165, 1.54) is 0 Å². The Kier molecular flexibility index (Phi) is 4.43. The normalized spacial score (nSPS) is 9.80. The van der Waals surface area contributed by atoms with Gasteiger partial charge in [0.25, 0.3) is 0 Å². The molecule has 0 atom stereocenters. The molecule has 0 unspecified atom stereocenters. The first-order valence-corrected chi connectivity index (χ1v) is 5.21. The van der Waals surface area contributed by atoms with Gasteiger partial charge in [0, 0.05) is 18.0 Å². The van der Waals surface area contributed by atoms with E-state index in [-0.39, 0.29) is 5.91 Å². The van der Waals surface area contributed by atoms with Crippen molar-refractivity contribution in [2.75, 3.05) is 18.3 Å². The summed E-state index contributed by atoms with van der Waals surface area (Å²) >= 11 is 5.47. The highest BCUT2D eigenvalue weighted by Crippen LogP contribution is 2.21. The fourth-order valence-electron chi connectivity index (χ4n) is 1.20. The number of anilines is 1. The van der Waals surface area contributed by atoms with Gasteiger partial charge in [0.15, 0.2) is 0 Å². The molecule has 0 heterocycles. The summed E-state index contributed by atoms with van der Waals surface area (Å²) in [4.78, 5) is 11.3. The predicted molar refractivity (Wildman–Crippen MR) is 61.7 cm³/mol. The van der Waals surface area contributed by atoms with Gasteiger partial charge >= 0.3 is 0 Å². The fraction of sp³-hybridized carbons (Fsp3) is 0.364. The summed E-state index contributed by atoms with van der Waals surface area (Å²) in [5, 5.41) is 2.78. The molecule has 0 aliphatic heterocycles. The van der Waals surface area contributed by atoms with Gasteiger partial charge in [-0.05, 0) is 30.7 Å². The van der Waals surface area contributed by atoms with Crippen LogP contribution in [-0.2, 0) is 4.79 Å². The summed E-state index contributed by atoms with van der Waals surface area (Å²) in [6.45, 7) is 1.92. The van der Waals surface area contributed by atoms with Crippen LogP contribution in [0.3, 0.4) is 0 Å². The van der Waals surface area contributed by atoms with Gasteiger partial charge in [0.05, 0.1) is 7.11 Å². The maximum absolute atomic E-state index is 11.3. The van der Waals surface area contributed by atoms with E-state index in [0.29, 0.717) is 12.3 Å². The van der Waals surface area contributed by atoms with Crippen molar-refractivity contribution in [3.05, 3.63) is 23.8 Å². The first kappa shape index (κ1) is 11.9. The van der Waals surface area contributed by atoms with Crippen LogP contribution in [0.2, 0.25) is 0 Å². The van der Waals surface area contributed by atoms with Crippen molar-refractivity contribution < 1.29 is 9.53 Å². The Balaban J connectivity index is 2.73. The summed E-state index contributed by atoms with van der Waals surface area (Å²) in [5.41, 5.74) is 1.77. The Morgan fingerprint density at radius 2 is 2.27 bits per heavy atom. The highest BCUT2D eigenvalue weighted by atomic mass is 35.5. The van der Waals surface area contributed by atoms with Crippen LogP contribution in [0.4, 0.5) is 5.69 Å².